The largest absolute Gasteiger partial charge is 0.494 e. The van der Waals surface area contributed by atoms with Gasteiger partial charge in [0.15, 0.2) is 16.3 Å². The number of imidazole rings is 1. The van der Waals surface area contributed by atoms with Crippen molar-refractivity contribution in [2.75, 3.05) is 7.11 Å². The molecule has 0 saturated carbocycles. The molecular weight excluding hydrogens is 295 g/mol. The molecule has 20 heavy (non-hydrogen) atoms. The Morgan fingerprint density at radius 1 is 1.45 bits per heavy atom. The Hall–Kier alpha value is -1.66. The third-order valence-corrected chi connectivity index (χ3v) is 4.65. The van der Waals surface area contributed by atoms with Crippen LogP contribution in [0.1, 0.15) is 10.4 Å². The Morgan fingerprint density at radius 3 is 2.90 bits per heavy atom. The van der Waals surface area contributed by atoms with Crippen LogP contribution in [0.15, 0.2) is 23.6 Å². The number of thiophene rings is 1. The fourth-order valence-electron chi connectivity index (χ4n) is 2.18. The summed E-state index contributed by atoms with van der Waals surface area (Å²) in [6, 6.07) is 5.18. The number of ether oxygens (including phenoxy) is 1. The zero-order valence-electron chi connectivity index (χ0n) is 11.1. The van der Waals surface area contributed by atoms with E-state index in [9.17, 15) is 4.39 Å². The molecule has 3 rings (SSSR count). The lowest BCUT2D eigenvalue weighted by Crippen LogP contribution is -1.99. The van der Waals surface area contributed by atoms with Crippen LogP contribution in [0.3, 0.4) is 0 Å². The summed E-state index contributed by atoms with van der Waals surface area (Å²) in [5, 5.41) is 2.06. The van der Waals surface area contributed by atoms with E-state index in [0.29, 0.717) is 16.8 Å². The van der Waals surface area contributed by atoms with Gasteiger partial charge in [-0.3, -0.25) is 0 Å². The molecule has 3 nitrogen and oxygen atoms in total. The van der Waals surface area contributed by atoms with E-state index in [1.54, 1.807) is 17.4 Å². The van der Waals surface area contributed by atoms with Gasteiger partial charge >= 0.3 is 0 Å². The first kappa shape index (κ1) is 13.3. The fraction of sp³-hybridized carbons (Fsp3) is 0.214. The zero-order valence-corrected chi connectivity index (χ0v) is 12.7. The number of nitrogens with zero attached hydrogens (tertiary/aromatic N) is 1. The first-order chi connectivity index (χ1) is 9.60. The minimum absolute atomic E-state index is 0.225. The highest BCUT2D eigenvalue weighted by atomic mass is 32.1. The van der Waals surface area contributed by atoms with Crippen LogP contribution in [0.5, 0.6) is 5.75 Å². The molecule has 0 aliphatic carbocycles. The summed E-state index contributed by atoms with van der Waals surface area (Å²) in [5.41, 5.74) is 2.77. The standard InChI is InChI=1S/C14H13FN2OS2/c1-8-3-4-20-13(8)7-17-11-6-12(18-2)9(15)5-10(11)16-14(17)19/h3-6H,7H2,1-2H3,(H,16,19). The number of aromatic nitrogens is 2. The van der Waals surface area contributed by atoms with Gasteiger partial charge in [-0.2, -0.15) is 0 Å². The zero-order chi connectivity index (χ0) is 14.3. The van der Waals surface area contributed by atoms with E-state index in [0.717, 1.165) is 5.52 Å². The van der Waals surface area contributed by atoms with Gasteiger partial charge in [0.05, 0.1) is 24.7 Å². The molecule has 2 aromatic heterocycles. The van der Waals surface area contributed by atoms with Crippen molar-refractivity contribution >= 4 is 34.6 Å². The number of halogens is 1. The molecule has 3 aromatic rings. The normalized spacial score (nSPS) is 11.2. The van der Waals surface area contributed by atoms with Crippen LogP contribution in [-0.4, -0.2) is 16.7 Å². The molecule has 104 valence electrons. The third-order valence-electron chi connectivity index (χ3n) is 3.32. The van der Waals surface area contributed by atoms with Gasteiger partial charge < -0.3 is 14.3 Å². The number of aryl methyl sites for hydroxylation is 1. The van der Waals surface area contributed by atoms with Crippen LogP contribution in [0.2, 0.25) is 0 Å². The van der Waals surface area contributed by atoms with Gasteiger partial charge in [-0.25, -0.2) is 4.39 Å². The van der Waals surface area contributed by atoms with Crippen molar-refractivity contribution in [1.29, 1.82) is 0 Å². The average molecular weight is 308 g/mol. The Morgan fingerprint density at radius 2 is 2.25 bits per heavy atom. The Bertz CT molecular complexity index is 831. The second-order valence-electron chi connectivity index (χ2n) is 4.55. The topological polar surface area (TPSA) is 29.9 Å². The smallest absolute Gasteiger partial charge is 0.178 e. The molecule has 0 spiro atoms. The van der Waals surface area contributed by atoms with Gasteiger partial charge in [0.25, 0.3) is 0 Å². The maximum Gasteiger partial charge on any atom is 0.178 e. The fourth-order valence-corrected chi connectivity index (χ4v) is 3.35. The molecule has 0 fully saturated rings. The van der Waals surface area contributed by atoms with Crippen LogP contribution in [0.4, 0.5) is 4.39 Å². The first-order valence-corrected chi connectivity index (χ1v) is 7.38. The lowest BCUT2D eigenvalue weighted by Gasteiger charge is -2.06. The van der Waals surface area contributed by atoms with E-state index in [-0.39, 0.29) is 5.75 Å². The minimum atomic E-state index is -0.393. The molecule has 2 heterocycles. The van der Waals surface area contributed by atoms with Crippen LogP contribution in [-0.2, 0) is 6.54 Å². The summed E-state index contributed by atoms with van der Waals surface area (Å²) < 4.78 is 21.3. The van der Waals surface area contributed by atoms with E-state index in [4.69, 9.17) is 17.0 Å². The van der Waals surface area contributed by atoms with Gasteiger partial charge in [0.2, 0.25) is 0 Å². The summed E-state index contributed by atoms with van der Waals surface area (Å²) in [7, 11) is 1.46. The monoisotopic (exact) mass is 308 g/mol. The Kier molecular flexibility index (Phi) is 3.35. The van der Waals surface area contributed by atoms with Crippen LogP contribution in [0.25, 0.3) is 11.0 Å². The molecule has 1 aromatic carbocycles. The van der Waals surface area contributed by atoms with Crippen LogP contribution in [0, 0.1) is 17.5 Å². The summed E-state index contributed by atoms with van der Waals surface area (Å²) in [6.45, 7) is 2.75. The molecule has 6 heteroatoms. The van der Waals surface area contributed by atoms with E-state index in [2.05, 4.69) is 23.4 Å². The van der Waals surface area contributed by atoms with E-state index >= 15 is 0 Å². The number of aromatic amines is 1. The number of methoxy groups -OCH3 is 1. The SMILES string of the molecule is COc1cc2c(cc1F)[nH]c(=S)n2Cc1sccc1C. The minimum Gasteiger partial charge on any atom is -0.494 e. The average Bonchev–Trinajstić information content (AvgIpc) is 2.94. The molecular formula is C14H13FN2OS2. The summed E-state index contributed by atoms with van der Waals surface area (Å²) in [5.74, 6) is -0.168. The summed E-state index contributed by atoms with van der Waals surface area (Å²) in [4.78, 5) is 4.28. The van der Waals surface area contributed by atoms with Crippen LogP contribution < -0.4 is 4.74 Å². The van der Waals surface area contributed by atoms with Crippen molar-refractivity contribution in [2.24, 2.45) is 0 Å². The molecule has 0 atom stereocenters. The summed E-state index contributed by atoms with van der Waals surface area (Å²) in [6.07, 6.45) is 0. The molecule has 0 amide bonds. The van der Waals surface area contributed by atoms with Gasteiger partial charge in [-0.1, -0.05) is 0 Å². The van der Waals surface area contributed by atoms with E-state index in [1.165, 1.54) is 23.6 Å². The number of benzene rings is 1. The van der Waals surface area contributed by atoms with Crippen molar-refractivity contribution in [2.45, 2.75) is 13.5 Å². The van der Waals surface area contributed by atoms with Gasteiger partial charge in [0.1, 0.15) is 0 Å². The Labute approximate surface area is 124 Å². The number of fused-ring (bicyclic) bond motifs is 1. The highest BCUT2D eigenvalue weighted by Gasteiger charge is 2.12. The Balaban J connectivity index is 2.17. The number of hydrogen-bond acceptors (Lipinski definition) is 3. The number of H-pyrrole nitrogens is 1. The first-order valence-electron chi connectivity index (χ1n) is 6.09. The lowest BCUT2D eigenvalue weighted by molar-refractivity contribution is 0.387. The van der Waals surface area contributed by atoms with Crippen molar-refractivity contribution in [3.8, 4) is 5.75 Å². The van der Waals surface area contributed by atoms with Crippen molar-refractivity contribution in [3.63, 3.8) is 0 Å². The molecule has 0 saturated heterocycles. The molecule has 0 radical (unpaired) electrons. The van der Waals surface area contributed by atoms with Crippen LogP contribution >= 0.6 is 23.6 Å². The maximum absolute atomic E-state index is 13.7. The number of rotatable bonds is 3. The number of nitrogens with one attached hydrogen (secondary N) is 1. The van der Waals surface area contributed by atoms with Gasteiger partial charge in [0, 0.05) is 17.0 Å². The molecule has 0 aliphatic heterocycles. The molecule has 0 unspecified atom stereocenters. The predicted octanol–water partition coefficient (Wildman–Crippen LogP) is 4.26. The van der Waals surface area contributed by atoms with E-state index < -0.39 is 5.82 Å². The summed E-state index contributed by atoms with van der Waals surface area (Å²) >= 11 is 7.03. The second-order valence-corrected chi connectivity index (χ2v) is 5.93. The maximum atomic E-state index is 13.7. The number of hydrogen-bond donors (Lipinski definition) is 1. The molecule has 0 aliphatic rings. The second kappa shape index (κ2) is 5.03. The third kappa shape index (κ3) is 2.14. The highest BCUT2D eigenvalue weighted by molar-refractivity contribution is 7.71. The predicted molar refractivity (Wildman–Crippen MR) is 81.8 cm³/mol. The lowest BCUT2D eigenvalue weighted by atomic mass is 10.2. The van der Waals surface area contributed by atoms with Gasteiger partial charge in [-0.15, -0.1) is 11.3 Å². The van der Waals surface area contributed by atoms with Gasteiger partial charge in [-0.05, 0) is 36.2 Å². The highest BCUT2D eigenvalue weighted by Crippen LogP contribution is 2.26. The van der Waals surface area contributed by atoms with Crippen molar-refractivity contribution in [1.82, 2.24) is 9.55 Å². The van der Waals surface area contributed by atoms with Crippen molar-refractivity contribution in [3.05, 3.63) is 44.6 Å². The van der Waals surface area contributed by atoms with Crippen molar-refractivity contribution < 1.29 is 9.13 Å². The van der Waals surface area contributed by atoms with E-state index in [1.807, 2.05) is 4.57 Å². The molecule has 0 bridgehead atoms. The quantitative estimate of drug-likeness (QED) is 0.733. The molecule has 1 N–H and O–H groups in total.